The summed E-state index contributed by atoms with van der Waals surface area (Å²) in [6.07, 6.45) is 13.9. The summed E-state index contributed by atoms with van der Waals surface area (Å²) in [5, 5.41) is 0. The molecule has 2 aliphatic carbocycles. The van der Waals surface area contributed by atoms with Crippen molar-refractivity contribution in [2.24, 2.45) is 17.8 Å². The number of Topliss-reactive ketones (excluding diaryl/α,β-unsaturated/α-hetero) is 1. The minimum atomic E-state index is -0.120. The summed E-state index contributed by atoms with van der Waals surface area (Å²) in [6, 6.07) is 9.63. The molecule has 4 heteroatoms. The van der Waals surface area contributed by atoms with Crippen LogP contribution in [0.3, 0.4) is 0 Å². The van der Waals surface area contributed by atoms with Crippen LogP contribution in [0.5, 0.6) is 0 Å². The average Bonchev–Trinajstić information content (AvgIpc) is 3.27. The zero-order valence-electron chi connectivity index (χ0n) is 20.8. The largest absolute Gasteiger partial charge is 0.335 e. The number of carbonyl (C=O) groups excluding carboxylic acids is 2. The third kappa shape index (κ3) is 4.06. The number of benzene rings is 1. The summed E-state index contributed by atoms with van der Waals surface area (Å²) in [5.41, 5.74) is 3.90. The fraction of sp³-hybridized carbons (Fsp3) is 0.667. The maximum atomic E-state index is 13.8. The molecule has 1 aromatic rings. The van der Waals surface area contributed by atoms with Crippen molar-refractivity contribution in [3.63, 3.8) is 0 Å². The van der Waals surface area contributed by atoms with E-state index < -0.39 is 0 Å². The minimum Gasteiger partial charge on any atom is -0.335 e. The standard InChI is InChI=1S/C30H40N2O2/c1-20(22-12-10-21(11-13-22)16-23-6-4-9-28(23)33)30(34)32-15-5-7-24-17-25-18-26(29(24)32)19-31-14-3-2-8-27(25)31/h10-13,17,20,23,25-27,29H,2-9,14-16,18-19H2,1H3/t20-,23+,25+,26+,27?,29?/m1/s1. The van der Waals surface area contributed by atoms with Crippen molar-refractivity contribution < 1.29 is 9.59 Å². The van der Waals surface area contributed by atoms with E-state index in [1.807, 2.05) is 0 Å². The number of amides is 1. The maximum Gasteiger partial charge on any atom is 0.230 e. The Morgan fingerprint density at radius 2 is 1.88 bits per heavy atom. The van der Waals surface area contributed by atoms with Crippen LogP contribution in [0.1, 0.15) is 81.8 Å². The first kappa shape index (κ1) is 22.5. The van der Waals surface area contributed by atoms with Crippen molar-refractivity contribution in [3.05, 3.63) is 47.0 Å². The minimum absolute atomic E-state index is 0.120. The number of hydrogen-bond donors (Lipinski definition) is 0. The number of likely N-dealkylation sites (tertiary alicyclic amines) is 1. The van der Waals surface area contributed by atoms with Gasteiger partial charge in [-0.15, -0.1) is 0 Å². The van der Waals surface area contributed by atoms with Crippen LogP contribution in [0.25, 0.3) is 0 Å². The van der Waals surface area contributed by atoms with E-state index >= 15 is 0 Å². The Morgan fingerprint density at radius 3 is 2.68 bits per heavy atom. The van der Waals surface area contributed by atoms with Gasteiger partial charge in [0.05, 0.1) is 12.0 Å². The van der Waals surface area contributed by atoms with Gasteiger partial charge in [-0.3, -0.25) is 14.5 Å². The molecule has 3 saturated heterocycles. The van der Waals surface area contributed by atoms with Gasteiger partial charge in [0.2, 0.25) is 5.91 Å². The van der Waals surface area contributed by atoms with Crippen LogP contribution >= 0.6 is 0 Å². The molecule has 0 aromatic heterocycles. The lowest BCUT2D eigenvalue weighted by atomic mass is 9.68. The predicted molar refractivity (Wildman–Crippen MR) is 135 cm³/mol. The highest BCUT2D eigenvalue weighted by Gasteiger charge is 2.47. The van der Waals surface area contributed by atoms with Gasteiger partial charge < -0.3 is 4.90 Å². The van der Waals surface area contributed by atoms with E-state index in [4.69, 9.17) is 0 Å². The molecule has 4 nitrogen and oxygen atoms in total. The summed E-state index contributed by atoms with van der Waals surface area (Å²) in [5.74, 6) is 2.11. The first-order valence-corrected chi connectivity index (χ1v) is 13.9. The molecular weight excluding hydrogens is 420 g/mol. The van der Waals surface area contributed by atoms with Crippen LogP contribution < -0.4 is 0 Å². The molecule has 1 amide bonds. The van der Waals surface area contributed by atoms with Gasteiger partial charge in [0.25, 0.3) is 0 Å². The zero-order chi connectivity index (χ0) is 23.2. The van der Waals surface area contributed by atoms with Crippen LogP contribution in [-0.2, 0) is 16.0 Å². The van der Waals surface area contributed by atoms with Gasteiger partial charge in [0.15, 0.2) is 0 Å². The number of hydrogen-bond acceptors (Lipinski definition) is 3. The topological polar surface area (TPSA) is 40.6 Å². The highest BCUT2D eigenvalue weighted by atomic mass is 16.2. The van der Waals surface area contributed by atoms with Crippen LogP contribution in [-0.4, -0.2) is 53.2 Å². The molecule has 5 aliphatic rings. The second-order valence-electron chi connectivity index (χ2n) is 11.8. The Balaban J connectivity index is 1.17. The second-order valence-corrected chi connectivity index (χ2v) is 11.8. The molecule has 1 saturated carbocycles. The summed E-state index contributed by atoms with van der Waals surface area (Å²) < 4.78 is 0. The normalized spacial score (nSPS) is 34.3. The van der Waals surface area contributed by atoms with Crippen molar-refractivity contribution in [3.8, 4) is 0 Å². The van der Waals surface area contributed by atoms with Crippen LogP contribution in [0.15, 0.2) is 35.9 Å². The van der Waals surface area contributed by atoms with Crippen molar-refractivity contribution in [1.82, 2.24) is 9.80 Å². The maximum absolute atomic E-state index is 13.8. The molecule has 34 heavy (non-hydrogen) atoms. The van der Waals surface area contributed by atoms with Gasteiger partial charge in [-0.05, 0) is 87.8 Å². The lowest BCUT2D eigenvalue weighted by Gasteiger charge is -2.55. The van der Waals surface area contributed by atoms with Gasteiger partial charge in [-0.25, -0.2) is 0 Å². The molecular formula is C30H40N2O2. The number of carbonyl (C=O) groups is 2. The SMILES string of the molecule is C[C@@H](C(=O)N1CCCC2=C[C@H]3C[C@@H](CN4CCCCC34)C21)c1ccc(C[C@@H]2CCCC2=O)cc1. The molecule has 2 unspecified atom stereocenters. The summed E-state index contributed by atoms with van der Waals surface area (Å²) in [7, 11) is 0. The van der Waals surface area contributed by atoms with Crippen LogP contribution in [0.2, 0.25) is 0 Å². The van der Waals surface area contributed by atoms with Crippen LogP contribution in [0.4, 0.5) is 0 Å². The molecule has 4 fully saturated rings. The second kappa shape index (κ2) is 9.26. The fourth-order valence-corrected chi connectivity index (χ4v) is 7.94. The van der Waals surface area contributed by atoms with Crippen molar-refractivity contribution in [2.45, 2.75) is 89.1 Å². The lowest BCUT2D eigenvalue weighted by molar-refractivity contribution is -0.137. The molecule has 6 atom stereocenters. The van der Waals surface area contributed by atoms with Crippen LogP contribution in [0, 0.1) is 17.8 Å². The molecule has 6 rings (SSSR count). The highest BCUT2D eigenvalue weighted by Crippen LogP contribution is 2.45. The van der Waals surface area contributed by atoms with Crippen molar-refractivity contribution in [1.29, 1.82) is 0 Å². The van der Waals surface area contributed by atoms with Crippen molar-refractivity contribution in [2.75, 3.05) is 19.6 Å². The third-order valence-electron chi connectivity index (χ3n) is 9.70. The fourth-order valence-electron chi connectivity index (χ4n) is 7.94. The van der Waals surface area contributed by atoms with Gasteiger partial charge in [0.1, 0.15) is 5.78 Å². The molecule has 182 valence electrons. The van der Waals surface area contributed by atoms with E-state index in [0.717, 1.165) is 50.3 Å². The van der Waals surface area contributed by atoms with Gasteiger partial charge >= 0.3 is 0 Å². The first-order chi connectivity index (χ1) is 16.6. The Labute approximate surface area is 204 Å². The molecule has 2 bridgehead atoms. The van der Waals surface area contributed by atoms with Gasteiger partial charge in [-0.1, -0.05) is 42.3 Å². The summed E-state index contributed by atoms with van der Waals surface area (Å²) in [4.78, 5) is 30.9. The van der Waals surface area contributed by atoms with Crippen molar-refractivity contribution >= 4 is 11.7 Å². The quantitative estimate of drug-likeness (QED) is 0.586. The zero-order valence-corrected chi connectivity index (χ0v) is 20.8. The molecule has 0 spiro atoms. The monoisotopic (exact) mass is 460 g/mol. The molecule has 0 radical (unpaired) electrons. The number of fused-ring (bicyclic) bond motifs is 6. The first-order valence-electron chi connectivity index (χ1n) is 13.9. The van der Waals surface area contributed by atoms with E-state index in [9.17, 15) is 9.59 Å². The smallest absolute Gasteiger partial charge is 0.230 e. The summed E-state index contributed by atoms with van der Waals surface area (Å²) in [6.45, 7) is 5.41. The Hall–Kier alpha value is -1.94. The van der Waals surface area contributed by atoms with E-state index in [1.165, 1.54) is 50.8 Å². The van der Waals surface area contributed by atoms with E-state index in [0.29, 0.717) is 29.6 Å². The van der Waals surface area contributed by atoms with E-state index in [1.54, 1.807) is 5.57 Å². The third-order valence-corrected chi connectivity index (χ3v) is 9.70. The Morgan fingerprint density at radius 1 is 1.03 bits per heavy atom. The van der Waals surface area contributed by atoms with E-state index in [2.05, 4.69) is 47.1 Å². The molecule has 3 heterocycles. The summed E-state index contributed by atoms with van der Waals surface area (Å²) >= 11 is 0. The van der Waals surface area contributed by atoms with Gasteiger partial charge in [0, 0.05) is 31.5 Å². The number of ketones is 1. The lowest BCUT2D eigenvalue weighted by Crippen LogP contribution is -2.60. The Bertz CT molecular complexity index is 967. The number of rotatable bonds is 4. The number of nitrogens with zero attached hydrogens (tertiary/aromatic N) is 2. The molecule has 1 aromatic carbocycles. The highest BCUT2D eigenvalue weighted by molar-refractivity contribution is 5.84. The average molecular weight is 461 g/mol. The predicted octanol–water partition coefficient (Wildman–Crippen LogP) is 5.12. The molecule has 0 N–H and O–H groups in total. The number of piperidine rings is 3. The van der Waals surface area contributed by atoms with E-state index in [-0.39, 0.29) is 11.8 Å². The van der Waals surface area contributed by atoms with Gasteiger partial charge in [-0.2, -0.15) is 0 Å². The molecule has 3 aliphatic heterocycles. The Kier molecular flexibility index (Phi) is 6.13.